The Bertz CT molecular complexity index is 699. The molecule has 0 aliphatic rings. The van der Waals surface area contributed by atoms with Crippen molar-refractivity contribution in [3.63, 3.8) is 0 Å². The number of rotatable bonds is 7. The molecule has 0 aliphatic heterocycles. The van der Waals surface area contributed by atoms with E-state index >= 15 is 0 Å². The summed E-state index contributed by atoms with van der Waals surface area (Å²) in [5.74, 6) is -0.130. The molecule has 2 N–H and O–H groups in total. The molecule has 2 aromatic rings. The molecule has 5 heteroatoms. The number of amides is 2. The molecule has 2 amide bonds. The molecule has 1 atom stereocenters. The molecule has 25 heavy (non-hydrogen) atoms. The van der Waals surface area contributed by atoms with Gasteiger partial charge in [-0.25, -0.2) is 0 Å². The molecule has 5 nitrogen and oxygen atoms in total. The summed E-state index contributed by atoms with van der Waals surface area (Å²) < 4.78 is 0. The molecule has 2 rings (SSSR count). The molecular formula is C20H25N3O2. The van der Waals surface area contributed by atoms with Gasteiger partial charge in [0.05, 0.1) is 6.54 Å². The van der Waals surface area contributed by atoms with E-state index < -0.39 is 0 Å². The second kappa shape index (κ2) is 8.99. The molecule has 0 aromatic heterocycles. The van der Waals surface area contributed by atoms with Crippen molar-refractivity contribution in [1.82, 2.24) is 5.32 Å². The Morgan fingerprint density at radius 1 is 1.04 bits per heavy atom. The van der Waals surface area contributed by atoms with Crippen LogP contribution in [-0.2, 0) is 9.59 Å². The lowest BCUT2D eigenvalue weighted by molar-refractivity contribution is -0.116. The van der Waals surface area contributed by atoms with Crippen LogP contribution in [0.15, 0.2) is 54.6 Å². The van der Waals surface area contributed by atoms with E-state index in [9.17, 15) is 9.59 Å². The average Bonchev–Trinajstić information content (AvgIpc) is 2.63. The number of nitrogens with zero attached hydrogens (tertiary/aromatic N) is 1. The van der Waals surface area contributed by atoms with E-state index in [1.807, 2.05) is 30.3 Å². The maximum Gasteiger partial charge on any atom is 0.238 e. The van der Waals surface area contributed by atoms with E-state index in [1.165, 1.54) is 12.5 Å². The third-order valence-electron chi connectivity index (χ3n) is 4.13. The highest BCUT2D eigenvalue weighted by atomic mass is 16.2. The van der Waals surface area contributed by atoms with Crippen LogP contribution >= 0.6 is 0 Å². The summed E-state index contributed by atoms with van der Waals surface area (Å²) in [4.78, 5) is 25.1. The van der Waals surface area contributed by atoms with Crippen LogP contribution in [0, 0.1) is 0 Å². The minimum Gasteiger partial charge on any atom is -0.325 e. The van der Waals surface area contributed by atoms with Crippen molar-refractivity contribution < 1.29 is 9.59 Å². The summed E-state index contributed by atoms with van der Waals surface area (Å²) in [6.07, 6.45) is 0.906. The molecule has 0 spiro atoms. The van der Waals surface area contributed by atoms with E-state index in [0.29, 0.717) is 5.69 Å². The van der Waals surface area contributed by atoms with Crippen molar-refractivity contribution in [2.45, 2.75) is 26.3 Å². The Labute approximate surface area is 149 Å². The van der Waals surface area contributed by atoms with Crippen LogP contribution < -0.4 is 15.5 Å². The van der Waals surface area contributed by atoms with Gasteiger partial charge < -0.3 is 15.5 Å². The monoisotopic (exact) mass is 339 g/mol. The first-order valence-electron chi connectivity index (χ1n) is 8.43. The Hall–Kier alpha value is -2.66. The van der Waals surface area contributed by atoms with E-state index in [1.54, 1.807) is 24.1 Å². The molecule has 1 unspecified atom stereocenters. The fourth-order valence-corrected chi connectivity index (χ4v) is 2.55. The quantitative estimate of drug-likeness (QED) is 0.813. The molecule has 0 fully saturated rings. The van der Waals surface area contributed by atoms with Crippen LogP contribution in [0.25, 0.3) is 0 Å². The van der Waals surface area contributed by atoms with Gasteiger partial charge in [-0.15, -0.1) is 0 Å². The summed E-state index contributed by atoms with van der Waals surface area (Å²) in [5.41, 5.74) is 2.67. The molecular weight excluding hydrogens is 314 g/mol. The molecule has 0 radical (unpaired) electrons. The maximum absolute atomic E-state index is 12.2. The van der Waals surface area contributed by atoms with Crippen LogP contribution in [0.5, 0.6) is 0 Å². The smallest absolute Gasteiger partial charge is 0.238 e. The Balaban J connectivity index is 1.88. The van der Waals surface area contributed by atoms with Gasteiger partial charge in [0.2, 0.25) is 11.8 Å². The highest BCUT2D eigenvalue weighted by Crippen LogP contribution is 2.18. The van der Waals surface area contributed by atoms with Crippen LogP contribution in [0.4, 0.5) is 11.4 Å². The number of carbonyl (C=O) groups is 2. The Kier molecular flexibility index (Phi) is 6.71. The standard InChI is InChI=1S/C20H25N3O2/c1-4-19(16-8-6-5-7-9-16)21-14-20(25)22-17-10-12-18(13-11-17)23(3)15(2)24/h5-13,19,21H,4,14H2,1-3H3,(H,22,25). The van der Waals surface area contributed by atoms with Gasteiger partial charge in [0.15, 0.2) is 0 Å². The minimum atomic E-state index is -0.0953. The summed E-state index contributed by atoms with van der Waals surface area (Å²) in [6.45, 7) is 3.84. The van der Waals surface area contributed by atoms with Gasteiger partial charge in [0.1, 0.15) is 0 Å². The highest BCUT2D eigenvalue weighted by molar-refractivity contribution is 5.93. The molecule has 0 bridgehead atoms. The molecule has 0 heterocycles. The van der Waals surface area contributed by atoms with E-state index in [2.05, 4.69) is 29.7 Å². The zero-order valence-corrected chi connectivity index (χ0v) is 15.0. The largest absolute Gasteiger partial charge is 0.325 e. The molecule has 132 valence electrons. The minimum absolute atomic E-state index is 0.0347. The lowest BCUT2D eigenvalue weighted by Gasteiger charge is -2.18. The van der Waals surface area contributed by atoms with Crippen LogP contribution in [0.1, 0.15) is 31.9 Å². The number of anilines is 2. The van der Waals surface area contributed by atoms with Gasteiger partial charge in [0.25, 0.3) is 0 Å². The first kappa shape index (κ1) is 18.7. The van der Waals surface area contributed by atoms with Gasteiger partial charge in [0, 0.05) is 31.4 Å². The zero-order chi connectivity index (χ0) is 18.2. The predicted octanol–water partition coefficient (Wildman–Crippen LogP) is 3.35. The lowest BCUT2D eigenvalue weighted by Crippen LogP contribution is -2.31. The Morgan fingerprint density at radius 2 is 1.68 bits per heavy atom. The zero-order valence-electron chi connectivity index (χ0n) is 15.0. The van der Waals surface area contributed by atoms with Crippen molar-refractivity contribution in [3.05, 3.63) is 60.2 Å². The van der Waals surface area contributed by atoms with Crippen molar-refractivity contribution in [2.24, 2.45) is 0 Å². The third kappa shape index (κ3) is 5.43. The normalized spacial score (nSPS) is 11.6. The summed E-state index contributed by atoms with van der Waals surface area (Å²) in [6, 6.07) is 17.5. The van der Waals surface area contributed by atoms with Crippen molar-refractivity contribution in [2.75, 3.05) is 23.8 Å². The van der Waals surface area contributed by atoms with Crippen molar-refractivity contribution in [3.8, 4) is 0 Å². The van der Waals surface area contributed by atoms with Gasteiger partial charge in [-0.05, 0) is 36.2 Å². The second-order valence-corrected chi connectivity index (χ2v) is 5.93. The summed E-state index contributed by atoms with van der Waals surface area (Å²) in [5, 5.41) is 6.15. The van der Waals surface area contributed by atoms with E-state index in [4.69, 9.17) is 0 Å². The molecule has 0 saturated heterocycles. The average molecular weight is 339 g/mol. The number of carbonyl (C=O) groups excluding carboxylic acids is 2. The number of hydrogen-bond donors (Lipinski definition) is 2. The summed E-state index contributed by atoms with van der Waals surface area (Å²) in [7, 11) is 1.72. The molecule has 0 aliphatic carbocycles. The number of nitrogens with one attached hydrogen (secondary N) is 2. The van der Waals surface area contributed by atoms with E-state index in [0.717, 1.165) is 12.1 Å². The lowest BCUT2D eigenvalue weighted by atomic mass is 10.0. The second-order valence-electron chi connectivity index (χ2n) is 5.93. The fraction of sp³-hybridized carbons (Fsp3) is 0.300. The van der Waals surface area contributed by atoms with E-state index in [-0.39, 0.29) is 24.4 Å². The van der Waals surface area contributed by atoms with Crippen LogP contribution in [-0.4, -0.2) is 25.4 Å². The van der Waals surface area contributed by atoms with Crippen LogP contribution in [0.3, 0.4) is 0 Å². The predicted molar refractivity (Wildman–Crippen MR) is 102 cm³/mol. The van der Waals surface area contributed by atoms with Gasteiger partial charge in [-0.3, -0.25) is 9.59 Å². The van der Waals surface area contributed by atoms with Gasteiger partial charge >= 0.3 is 0 Å². The Morgan fingerprint density at radius 3 is 2.24 bits per heavy atom. The SMILES string of the molecule is CCC(NCC(=O)Nc1ccc(N(C)C(C)=O)cc1)c1ccccc1. The number of benzene rings is 2. The van der Waals surface area contributed by atoms with Crippen molar-refractivity contribution in [1.29, 1.82) is 0 Å². The van der Waals surface area contributed by atoms with Gasteiger partial charge in [-0.1, -0.05) is 37.3 Å². The topological polar surface area (TPSA) is 61.4 Å². The molecule has 0 saturated carbocycles. The third-order valence-corrected chi connectivity index (χ3v) is 4.13. The molecule has 2 aromatic carbocycles. The number of hydrogen-bond acceptors (Lipinski definition) is 3. The highest BCUT2D eigenvalue weighted by Gasteiger charge is 2.11. The first-order valence-corrected chi connectivity index (χ1v) is 8.43. The first-order chi connectivity index (χ1) is 12.0. The van der Waals surface area contributed by atoms with Crippen molar-refractivity contribution >= 4 is 23.2 Å². The summed E-state index contributed by atoms with van der Waals surface area (Å²) >= 11 is 0. The fourth-order valence-electron chi connectivity index (χ4n) is 2.55. The van der Waals surface area contributed by atoms with Crippen LogP contribution in [0.2, 0.25) is 0 Å². The van der Waals surface area contributed by atoms with Gasteiger partial charge in [-0.2, -0.15) is 0 Å². The maximum atomic E-state index is 12.2.